The van der Waals surface area contributed by atoms with Crippen molar-refractivity contribution in [3.8, 4) is 11.1 Å². The Morgan fingerprint density at radius 2 is 1.70 bits per heavy atom. The van der Waals surface area contributed by atoms with Crippen LogP contribution >= 0.6 is 0 Å². The van der Waals surface area contributed by atoms with Gasteiger partial charge in [0.25, 0.3) is 0 Å². The minimum atomic E-state index is -0.518. The first-order valence-electron chi connectivity index (χ1n) is 7.66. The topological polar surface area (TPSA) is 84.6 Å². The Morgan fingerprint density at radius 1 is 1.13 bits per heavy atom. The number of fused-ring (bicyclic) bond motifs is 3. The van der Waals surface area contributed by atoms with Gasteiger partial charge in [-0.15, -0.1) is 0 Å². The van der Waals surface area contributed by atoms with Gasteiger partial charge in [0.1, 0.15) is 6.61 Å². The van der Waals surface area contributed by atoms with Crippen LogP contribution in [0.2, 0.25) is 0 Å². The zero-order valence-corrected chi connectivity index (χ0v) is 12.7. The van der Waals surface area contributed by atoms with E-state index in [0.717, 1.165) is 0 Å². The monoisotopic (exact) mass is 312 g/mol. The van der Waals surface area contributed by atoms with Crippen LogP contribution in [0.25, 0.3) is 11.1 Å². The van der Waals surface area contributed by atoms with Gasteiger partial charge in [0.2, 0.25) is 0 Å². The summed E-state index contributed by atoms with van der Waals surface area (Å²) in [6.45, 7) is 0.283. The number of carbonyl (C=O) groups is 1. The van der Waals surface area contributed by atoms with Crippen LogP contribution in [-0.2, 0) is 4.74 Å². The van der Waals surface area contributed by atoms with Crippen molar-refractivity contribution in [3.63, 3.8) is 0 Å². The Hall–Kier alpha value is -2.37. The molecule has 0 saturated carbocycles. The van der Waals surface area contributed by atoms with E-state index in [2.05, 4.69) is 29.6 Å². The lowest BCUT2D eigenvalue weighted by Gasteiger charge is -2.15. The summed E-state index contributed by atoms with van der Waals surface area (Å²) in [5.41, 5.74) is 10.3. The zero-order chi connectivity index (χ0) is 16.2. The largest absolute Gasteiger partial charge is 0.449 e. The SMILES string of the molecule is NC(CO)CNC(=O)OCC1c2ccccc2-c2ccccc21. The highest BCUT2D eigenvalue weighted by Gasteiger charge is 2.28. The molecule has 0 saturated heterocycles. The Kier molecular flexibility index (Phi) is 4.60. The molecule has 0 fully saturated rings. The molecule has 1 amide bonds. The van der Waals surface area contributed by atoms with Crippen molar-refractivity contribution in [2.24, 2.45) is 5.73 Å². The van der Waals surface area contributed by atoms with Crippen LogP contribution in [0.5, 0.6) is 0 Å². The number of nitrogens with one attached hydrogen (secondary N) is 1. The summed E-state index contributed by atoms with van der Waals surface area (Å²) < 4.78 is 5.35. The molecule has 1 aliphatic rings. The number of alkyl carbamates (subject to hydrolysis) is 1. The molecule has 0 heterocycles. The zero-order valence-electron chi connectivity index (χ0n) is 12.7. The van der Waals surface area contributed by atoms with E-state index in [4.69, 9.17) is 15.6 Å². The summed E-state index contributed by atoms with van der Waals surface area (Å²) in [5.74, 6) is 0.0414. The molecule has 1 aliphatic carbocycles. The predicted octanol–water partition coefficient (Wildman–Crippen LogP) is 1.84. The molecular formula is C18H20N2O3. The molecule has 120 valence electrons. The first-order valence-corrected chi connectivity index (χ1v) is 7.66. The minimum Gasteiger partial charge on any atom is -0.449 e. The number of carbonyl (C=O) groups excluding carboxylic acids is 1. The molecule has 4 N–H and O–H groups in total. The summed E-state index contributed by atoms with van der Waals surface area (Å²) >= 11 is 0. The standard InChI is InChI=1S/C18H20N2O3/c19-12(10-21)9-20-18(22)23-11-17-15-7-3-1-5-13(15)14-6-2-4-8-16(14)17/h1-8,12,17,21H,9-11,19H2,(H,20,22). The van der Waals surface area contributed by atoms with Crippen LogP contribution in [0.1, 0.15) is 17.0 Å². The van der Waals surface area contributed by atoms with Crippen molar-refractivity contribution in [3.05, 3.63) is 59.7 Å². The molecular weight excluding hydrogens is 292 g/mol. The van der Waals surface area contributed by atoms with E-state index in [1.54, 1.807) is 0 Å². The molecule has 2 aromatic carbocycles. The highest BCUT2D eigenvalue weighted by Crippen LogP contribution is 2.44. The Balaban J connectivity index is 1.70. The maximum atomic E-state index is 11.8. The number of nitrogens with two attached hydrogens (primary N) is 1. The number of aliphatic hydroxyl groups is 1. The van der Waals surface area contributed by atoms with Crippen LogP contribution in [0.3, 0.4) is 0 Å². The summed E-state index contributed by atoms with van der Waals surface area (Å²) in [4.78, 5) is 11.8. The second-order valence-corrected chi connectivity index (χ2v) is 5.65. The molecule has 0 aliphatic heterocycles. The lowest BCUT2D eigenvalue weighted by atomic mass is 9.98. The van der Waals surface area contributed by atoms with E-state index < -0.39 is 12.1 Å². The fraction of sp³-hybridized carbons (Fsp3) is 0.278. The second-order valence-electron chi connectivity index (χ2n) is 5.65. The summed E-state index contributed by atoms with van der Waals surface area (Å²) in [6.07, 6.45) is -0.518. The second kappa shape index (κ2) is 6.81. The third-order valence-electron chi connectivity index (χ3n) is 4.09. The van der Waals surface area contributed by atoms with E-state index in [9.17, 15) is 4.79 Å². The summed E-state index contributed by atoms with van der Waals surface area (Å²) in [7, 11) is 0. The van der Waals surface area contributed by atoms with Crippen LogP contribution in [0.4, 0.5) is 4.79 Å². The first-order chi connectivity index (χ1) is 11.2. The number of amides is 1. The van der Waals surface area contributed by atoms with Gasteiger partial charge in [-0.3, -0.25) is 0 Å². The van der Waals surface area contributed by atoms with Gasteiger partial charge in [0.15, 0.2) is 0 Å². The number of benzene rings is 2. The molecule has 2 aromatic rings. The average molecular weight is 312 g/mol. The number of hydrogen-bond donors (Lipinski definition) is 3. The van der Waals surface area contributed by atoms with E-state index in [1.807, 2.05) is 24.3 Å². The lowest BCUT2D eigenvalue weighted by molar-refractivity contribution is 0.141. The van der Waals surface area contributed by atoms with Gasteiger partial charge in [0.05, 0.1) is 6.61 Å². The van der Waals surface area contributed by atoms with Crippen molar-refractivity contribution < 1.29 is 14.6 Å². The highest BCUT2D eigenvalue weighted by molar-refractivity contribution is 5.79. The average Bonchev–Trinajstić information content (AvgIpc) is 2.92. The number of hydrogen-bond acceptors (Lipinski definition) is 4. The van der Waals surface area contributed by atoms with Crippen molar-refractivity contribution in [1.29, 1.82) is 0 Å². The summed E-state index contributed by atoms with van der Waals surface area (Å²) in [6, 6.07) is 15.9. The lowest BCUT2D eigenvalue weighted by Crippen LogP contribution is -2.39. The molecule has 0 aromatic heterocycles. The molecule has 3 rings (SSSR count). The number of aliphatic hydroxyl groups excluding tert-OH is 1. The van der Waals surface area contributed by atoms with E-state index in [0.29, 0.717) is 0 Å². The van der Waals surface area contributed by atoms with Crippen molar-refractivity contribution >= 4 is 6.09 Å². The maximum absolute atomic E-state index is 11.8. The Morgan fingerprint density at radius 3 is 2.26 bits per heavy atom. The predicted molar refractivity (Wildman–Crippen MR) is 88.1 cm³/mol. The van der Waals surface area contributed by atoms with Crippen molar-refractivity contribution in [2.75, 3.05) is 19.8 Å². The molecule has 1 unspecified atom stereocenters. The van der Waals surface area contributed by atoms with Gasteiger partial charge >= 0.3 is 6.09 Å². The number of rotatable bonds is 5. The fourth-order valence-electron chi connectivity index (χ4n) is 2.93. The minimum absolute atomic E-state index is 0.0414. The molecule has 0 bridgehead atoms. The van der Waals surface area contributed by atoms with Crippen LogP contribution in [0, 0.1) is 0 Å². The van der Waals surface area contributed by atoms with Gasteiger partial charge in [-0.25, -0.2) is 4.79 Å². The van der Waals surface area contributed by atoms with Crippen LogP contribution in [0.15, 0.2) is 48.5 Å². The van der Waals surface area contributed by atoms with Crippen LogP contribution < -0.4 is 11.1 Å². The van der Waals surface area contributed by atoms with Crippen LogP contribution in [-0.4, -0.2) is 37.0 Å². The first kappa shape index (κ1) is 15.5. The Labute approximate surface area is 135 Å². The molecule has 23 heavy (non-hydrogen) atoms. The third kappa shape index (κ3) is 3.21. The van der Waals surface area contributed by atoms with Crippen molar-refractivity contribution in [2.45, 2.75) is 12.0 Å². The van der Waals surface area contributed by atoms with Gasteiger partial charge in [-0.05, 0) is 22.3 Å². The Bertz CT molecular complexity index is 657. The quantitative estimate of drug-likeness (QED) is 0.786. The maximum Gasteiger partial charge on any atom is 0.407 e. The fourth-order valence-corrected chi connectivity index (χ4v) is 2.93. The highest BCUT2D eigenvalue weighted by atomic mass is 16.5. The molecule has 0 spiro atoms. The number of ether oxygens (including phenoxy) is 1. The molecule has 5 heteroatoms. The van der Waals surface area contributed by atoms with Gasteiger partial charge < -0.3 is 20.9 Å². The van der Waals surface area contributed by atoms with Gasteiger partial charge in [-0.1, -0.05) is 48.5 Å². The molecule has 5 nitrogen and oxygen atoms in total. The molecule has 1 atom stereocenters. The van der Waals surface area contributed by atoms with Crippen molar-refractivity contribution in [1.82, 2.24) is 5.32 Å². The smallest absolute Gasteiger partial charge is 0.407 e. The van der Waals surface area contributed by atoms with Gasteiger partial charge in [0, 0.05) is 18.5 Å². The third-order valence-corrected chi connectivity index (χ3v) is 4.09. The van der Waals surface area contributed by atoms with E-state index >= 15 is 0 Å². The van der Waals surface area contributed by atoms with E-state index in [1.165, 1.54) is 22.3 Å². The molecule has 0 radical (unpaired) electrons. The summed E-state index contributed by atoms with van der Waals surface area (Å²) in [5, 5.41) is 11.4. The van der Waals surface area contributed by atoms with Gasteiger partial charge in [-0.2, -0.15) is 0 Å². The normalized spacial score (nSPS) is 14.0. The van der Waals surface area contributed by atoms with E-state index in [-0.39, 0.29) is 25.7 Å².